The van der Waals surface area contributed by atoms with Crippen LogP contribution in [-0.2, 0) is 14.4 Å². The SMILES string of the molecule is CC(C)=CCC[C@@]1(C)[C@@H](CC=C(C)C)C[C@@]2(CC=C(C)C)C(=O)[C@]1(C(=O)C(C)C)C(=O)C(CC=C(C)C)=C2O. The number of ketones is 3. The van der Waals surface area contributed by atoms with Crippen LogP contribution in [0.2, 0.25) is 0 Å². The summed E-state index contributed by atoms with van der Waals surface area (Å²) in [5.74, 6) is -1.93. The van der Waals surface area contributed by atoms with Gasteiger partial charge in [0.2, 0.25) is 0 Å². The first-order chi connectivity index (χ1) is 18.0. The molecule has 2 bridgehead atoms. The molecule has 4 nitrogen and oxygen atoms in total. The maximum atomic E-state index is 15.0. The van der Waals surface area contributed by atoms with E-state index in [9.17, 15) is 19.5 Å². The predicted octanol–water partition coefficient (Wildman–Crippen LogP) is 8.99. The molecule has 216 valence electrons. The van der Waals surface area contributed by atoms with Crippen molar-refractivity contribution in [1.29, 1.82) is 0 Å². The summed E-state index contributed by atoms with van der Waals surface area (Å²) in [4.78, 5) is 44.3. The molecule has 0 radical (unpaired) electrons. The van der Waals surface area contributed by atoms with Gasteiger partial charge in [0, 0.05) is 11.5 Å². The molecular weight excluding hydrogens is 484 g/mol. The van der Waals surface area contributed by atoms with E-state index in [1.54, 1.807) is 13.8 Å². The van der Waals surface area contributed by atoms with Gasteiger partial charge in [0.1, 0.15) is 5.76 Å². The van der Waals surface area contributed by atoms with Gasteiger partial charge < -0.3 is 5.11 Å². The first kappa shape index (κ1) is 32.7. The lowest BCUT2D eigenvalue weighted by Gasteiger charge is -2.61. The number of rotatable bonds is 11. The Balaban J connectivity index is 3.09. The highest BCUT2D eigenvalue weighted by Gasteiger charge is 2.75. The van der Waals surface area contributed by atoms with Crippen LogP contribution in [0.5, 0.6) is 0 Å². The van der Waals surface area contributed by atoms with Crippen LogP contribution in [0.4, 0.5) is 0 Å². The molecule has 0 unspecified atom stereocenters. The smallest absolute Gasteiger partial charge is 0.184 e. The van der Waals surface area contributed by atoms with Crippen molar-refractivity contribution in [3.05, 3.63) is 57.9 Å². The zero-order chi connectivity index (χ0) is 29.9. The van der Waals surface area contributed by atoms with Crippen LogP contribution >= 0.6 is 0 Å². The van der Waals surface area contributed by atoms with Gasteiger partial charge >= 0.3 is 0 Å². The van der Waals surface area contributed by atoms with Crippen molar-refractivity contribution in [2.24, 2.45) is 28.1 Å². The van der Waals surface area contributed by atoms with E-state index >= 15 is 0 Å². The molecule has 0 aromatic heterocycles. The van der Waals surface area contributed by atoms with Crippen LogP contribution in [-0.4, -0.2) is 22.5 Å². The number of allylic oxidation sites excluding steroid dienone is 10. The zero-order valence-electron chi connectivity index (χ0n) is 26.4. The summed E-state index contributed by atoms with van der Waals surface area (Å²) in [6.45, 7) is 21.6. The van der Waals surface area contributed by atoms with E-state index in [4.69, 9.17) is 0 Å². The molecule has 1 saturated carbocycles. The Morgan fingerprint density at radius 3 is 1.92 bits per heavy atom. The van der Waals surface area contributed by atoms with Gasteiger partial charge in [-0.3, -0.25) is 14.4 Å². The molecule has 2 aliphatic rings. The van der Waals surface area contributed by atoms with E-state index < -0.39 is 27.9 Å². The lowest BCUT2D eigenvalue weighted by molar-refractivity contribution is -0.180. The second kappa shape index (κ2) is 12.4. The molecule has 4 atom stereocenters. The normalized spacial score (nSPS) is 28.3. The number of carbonyl (C=O) groups is 3. The van der Waals surface area contributed by atoms with Gasteiger partial charge in [-0.15, -0.1) is 0 Å². The number of hydrogen-bond acceptors (Lipinski definition) is 4. The van der Waals surface area contributed by atoms with E-state index in [1.165, 1.54) is 5.57 Å². The number of hydrogen-bond donors (Lipinski definition) is 1. The van der Waals surface area contributed by atoms with Crippen LogP contribution in [0, 0.1) is 28.1 Å². The van der Waals surface area contributed by atoms with Gasteiger partial charge in [-0.25, -0.2) is 0 Å². The van der Waals surface area contributed by atoms with E-state index in [1.807, 2.05) is 74.5 Å². The summed E-state index contributed by atoms with van der Waals surface area (Å²) >= 11 is 0. The van der Waals surface area contributed by atoms with Gasteiger partial charge in [0.25, 0.3) is 0 Å². The van der Waals surface area contributed by atoms with Crippen molar-refractivity contribution in [2.45, 2.75) is 115 Å². The minimum Gasteiger partial charge on any atom is -0.511 e. The molecule has 0 spiro atoms. The van der Waals surface area contributed by atoms with Crippen LogP contribution in [0.15, 0.2) is 57.9 Å². The molecule has 0 saturated heterocycles. The highest BCUT2D eigenvalue weighted by molar-refractivity contribution is 6.33. The van der Waals surface area contributed by atoms with Gasteiger partial charge in [-0.2, -0.15) is 0 Å². The fourth-order valence-electron chi connectivity index (χ4n) is 6.71. The van der Waals surface area contributed by atoms with E-state index in [0.717, 1.165) is 16.7 Å². The minimum atomic E-state index is -1.83. The maximum absolute atomic E-state index is 15.0. The standard InChI is InChI=1S/C35H52O4/c1-22(2)13-12-19-33(11)27(16-14-23(3)4)21-34(20-18-25(7)8)30(37)28(17-15-24(5)6)31(38)35(33,32(34)39)29(36)26(9)10/h13-15,18,26-27,37H,12,16-17,19-21H2,1-11H3/t27-,33-,34+,35-/m0/s1. The average Bonchev–Trinajstić information content (AvgIpc) is 2.81. The summed E-state index contributed by atoms with van der Waals surface area (Å²) in [5, 5.41) is 11.9. The largest absolute Gasteiger partial charge is 0.511 e. The Bertz CT molecular complexity index is 1140. The first-order valence-electron chi connectivity index (χ1n) is 14.6. The molecule has 0 heterocycles. The number of aliphatic hydroxyl groups excluding tert-OH is 1. The molecule has 1 fully saturated rings. The van der Waals surface area contributed by atoms with Crippen molar-refractivity contribution in [3.63, 3.8) is 0 Å². The van der Waals surface area contributed by atoms with Crippen molar-refractivity contribution in [2.75, 3.05) is 0 Å². The fraction of sp³-hybridized carbons (Fsp3) is 0.629. The number of carbonyl (C=O) groups excluding carboxylic acids is 3. The van der Waals surface area contributed by atoms with Crippen LogP contribution in [0.3, 0.4) is 0 Å². The summed E-state index contributed by atoms with van der Waals surface area (Å²) < 4.78 is 0. The van der Waals surface area contributed by atoms with E-state index in [-0.39, 0.29) is 41.7 Å². The fourth-order valence-corrected chi connectivity index (χ4v) is 6.71. The molecule has 2 aliphatic carbocycles. The molecule has 0 aliphatic heterocycles. The molecule has 0 aromatic rings. The topological polar surface area (TPSA) is 71.4 Å². The van der Waals surface area contributed by atoms with Crippen molar-refractivity contribution in [1.82, 2.24) is 0 Å². The third kappa shape index (κ3) is 5.86. The van der Waals surface area contributed by atoms with E-state index in [2.05, 4.69) is 12.2 Å². The van der Waals surface area contributed by atoms with Crippen molar-refractivity contribution >= 4 is 17.3 Å². The summed E-state index contributed by atoms with van der Waals surface area (Å²) in [6, 6.07) is 0. The average molecular weight is 537 g/mol. The molecule has 0 aromatic carbocycles. The summed E-state index contributed by atoms with van der Waals surface area (Å²) in [5.41, 5.74) is 0.583. The number of aliphatic hydroxyl groups is 1. The molecular formula is C35H52O4. The molecule has 1 N–H and O–H groups in total. The molecule has 0 amide bonds. The summed E-state index contributed by atoms with van der Waals surface area (Å²) in [6.07, 6.45) is 11.0. The van der Waals surface area contributed by atoms with Crippen molar-refractivity contribution < 1.29 is 19.5 Å². The second-order valence-corrected chi connectivity index (χ2v) is 13.5. The lowest BCUT2D eigenvalue weighted by atomic mass is 9.38. The van der Waals surface area contributed by atoms with Crippen LogP contribution < -0.4 is 0 Å². The molecule has 39 heavy (non-hydrogen) atoms. The van der Waals surface area contributed by atoms with Gasteiger partial charge in [0.05, 0.1) is 5.41 Å². The van der Waals surface area contributed by atoms with Crippen LogP contribution in [0.25, 0.3) is 0 Å². The maximum Gasteiger partial charge on any atom is 0.184 e. The Morgan fingerprint density at radius 2 is 1.44 bits per heavy atom. The van der Waals surface area contributed by atoms with E-state index in [0.29, 0.717) is 25.7 Å². The van der Waals surface area contributed by atoms with Crippen LogP contribution in [0.1, 0.15) is 115 Å². The highest BCUT2D eigenvalue weighted by Crippen LogP contribution is 2.67. The predicted molar refractivity (Wildman–Crippen MR) is 161 cm³/mol. The Morgan fingerprint density at radius 1 is 0.897 bits per heavy atom. The third-order valence-corrected chi connectivity index (χ3v) is 8.98. The van der Waals surface area contributed by atoms with Crippen molar-refractivity contribution in [3.8, 4) is 0 Å². The lowest BCUT2D eigenvalue weighted by Crippen LogP contribution is -2.71. The summed E-state index contributed by atoms with van der Waals surface area (Å²) in [7, 11) is 0. The first-order valence-corrected chi connectivity index (χ1v) is 14.6. The Labute approximate surface area is 237 Å². The number of fused-ring (bicyclic) bond motifs is 2. The zero-order valence-corrected chi connectivity index (χ0v) is 26.4. The molecule has 4 heteroatoms. The highest BCUT2D eigenvalue weighted by atomic mass is 16.3. The third-order valence-electron chi connectivity index (χ3n) is 8.98. The Kier molecular flexibility index (Phi) is 10.4. The minimum absolute atomic E-state index is 0.117. The monoisotopic (exact) mass is 536 g/mol. The van der Waals surface area contributed by atoms with Gasteiger partial charge in [-0.05, 0) is 105 Å². The van der Waals surface area contributed by atoms with Gasteiger partial charge in [0.15, 0.2) is 22.8 Å². The van der Waals surface area contributed by atoms with Gasteiger partial charge in [-0.1, -0.05) is 67.4 Å². The number of Topliss-reactive ketones (excluding diaryl/α,β-unsaturated/α-hetero) is 3. The molecule has 2 rings (SSSR count). The quantitative estimate of drug-likeness (QED) is 0.211. The Hall–Kier alpha value is -2.49. The second-order valence-electron chi connectivity index (χ2n) is 13.5.